The van der Waals surface area contributed by atoms with E-state index in [0.29, 0.717) is 35.1 Å². The van der Waals surface area contributed by atoms with Gasteiger partial charge in [-0.2, -0.15) is 4.98 Å². The van der Waals surface area contributed by atoms with Crippen molar-refractivity contribution in [3.63, 3.8) is 0 Å². The number of aryl methyl sites for hydroxylation is 2. The fourth-order valence-corrected chi connectivity index (χ4v) is 3.09. The van der Waals surface area contributed by atoms with Crippen molar-refractivity contribution in [3.8, 4) is 23.0 Å². The molecule has 1 aromatic carbocycles. The average molecular weight is 412 g/mol. The molecule has 1 N–H and O–H groups in total. The Balaban J connectivity index is 0.00000205. The van der Waals surface area contributed by atoms with Gasteiger partial charge in [0.15, 0.2) is 23.0 Å². The number of aromatic nitrogens is 4. The fourth-order valence-electron chi connectivity index (χ4n) is 3.09. The second kappa shape index (κ2) is 7.56. The van der Waals surface area contributed by atoms with Gasteiger partial charge in [0.25, 0.3) is 5.89 Å². The number of ether oxygens (including phenoxy) is 2. The van der Waals surface area contributed by atoms with Crippen molar-refractivity contribution in [1.82, 2.24) is 20.1 Å². The summed E-state index contributed by atoms with van der Waals surface area (Å²) in [5.41, 5.74) is 3.88. The highest BCUT2D eigenvalue weighted by atomic mass is 35.5. The van der Waals surface area contributed by atoms with E-state index in [1.807, 2.05) is 44.2 Å². The van der Waals surface area contributed by atoms with Crippen LogP contribution in [0.25, 0.3) is 22.5 Å². The standard InChI is InChI=1S/C20H17N5O3.ClH/c1-3-17-24-20(28-25-17)14-9-21-19-13(6-4-11(2)22-19)18(14)23-12-5-7-15-16(8-12)27-10-26-15;/h4-9H,3,10H2,1-2H3,(H,21,22,23);1H. The highest BCUT2D eigenvalue weighted by Gasteiger charge is 2.19. The van der Waals surface area contributed by atoms with Crippen LogP contribution in [0.3, 0.4) is 0 Å². The summed E-state index contributed by atoms with van der Waals surface area (Å²) >= 11 is 0. The van der Waals surface area contributed by atoms with Crippen molar-refractivity contribution in [2.75, 3.05) is 12.1 Å². The van der Waals surface area contributed by atoms with E-state index in [2.05, 4.69) is 25.4 Å². The second-order valence-corrected chi connectivity index (χ2v) is 6.43. The minimum atomic E-state index is 0. The van der Waals surface area contributed by atoms with Crippen molar-refractivity contribution < 1.29 is 14.0 Å². The number of fused-ring (bicyclic) bond motifs is 2. The Morgan fingerprint density at radius 3 is 2.76 bits per heavy atom. The zero-order valence-corrected chi connectivity index (χ0v) is 16.6. The van der Waals surface area contributed by atoms with Crippen molar-refractivity contribution in [2.45, 2.75) is 20.3 Å². The zero-order valence-electron chi connectivity index (χ0n) is 15.8. The zero-order chi connectivity index (χ0) is 19.1. The Morgan fingerprint density at radius 1 is 1.07 bits per heavy atom. The van der Waals surface area contributed by atoms with Crippen molar-refractivity contribution in [3.05, 3.63) is 48.0 Å². The molecule has 0 unspecified atom stereocenters. The van der Waals surface area contributed by atoms with E-state index in [1.165, 1.54) is 0 Å². The minimum absolute atomic E-state index is 0. The molecular formula is C20H18ClN5O3. The van der Waals surface area contributed by atoms with Crippen LogP contribution in [0, 0.1) is 6.92 Å². The molecule has 9 heteroatoms. The van der Waals surface area contributed by atoms with E-state index in [4.69, 9.17) is 14.0 Å². The Morgan fingerprint density at radius 2 is 1.93 bits per heavy atom. The lowest BCUT2D eigenvalue weighted by atomic mass is 10.1. The number of nitrogens with zero attached hydrogens (tertiary/aromatic N) is 4. The van der Waals surface area contributed by atoms with E-state index in [1.54, 1.807) is 6.20 Å². The number of pyridine rings is 2. The molecule has 148 valence electrons. The highest BCUT2D eigenvalue weighted by molar-refractivity contribution is 5.98. The molecule has 0 radical (unpaired) electrons. The third-order valence-corrected chi connectivity index (χ3v) is 4.53. The Hall–Kier alpha value is -3.39. The first-order valence-electron chi connectivity index (χ1n) is 8.97. The molecule has 29 heavy (non-hydrogen) atoms. The van der Waals surface area contributed by atoms with E-state index in [-0.39, 0.29) is 19.2 Å². The molecule has 0 bridgehead atoms. The van der Waals surface area contributed by atoms with Crippen LogP contribution >= 0.6 is 12.4 Å². The maximum Gasteiger partial charge on any atom is 0.261 e. The first kappa shape index (κ1) is 18.9. The summed E-state index contributed by atoms with van der Waals surface area (Å²) in [6.07, 6.45) is 2.40. The predicted octanol–water partition coefficient (Wildman–Crippen LogP) is 4.44. The lowest BCUT2D eigenvalue weighted by Crippen LogP contribution is -1.98. The van der Waals surface area contributed by atoms with Gasteiger partial charge in [-0.05, 0) is 31.2 Å². The maximum atomic E-state index is 5.49. The molecule has 1 aliphatic rings. The molecule has 0 aliphatic carbocycles. The SMILES string of the molecule is CCc1noc(-c2cnc3nc(C)ccc3c2Nc2ccc3c(c2)OCO3)n1.Cl. The van der Waals surface area contributed by atoms with Crippen molar-refractivity contribution >= 4 is 34.8 Å². The van der Waals surface area contributed by atoms with Gasteiger partial charge in [0.05, 0.1) is 11.3 Å². The highest BCUT2D eigenvalue weighted by Crippen LogP contribution is 2.38. The Labute approximate surface area is 172 Å². The van der Waals surface area contributed by atoms with Crippen LogP contribution in [0.5, 0.6) is 11.5 Å². The molecule has 1 aliphatic heterocycles. The van der Waals surface area contributed by atoms with Gasteiger partial charge in [0.1, 0.15) is 0 Å². The van der Waals surface area contributed by atoms with Crippen LogP contribution in [0.15, 0.2) is 41.1 Å². The van der Waals surface area contributed by atoms with Crippen LogP contribution in [-0.2, 0) is 6.42 Å². The van der Waals surface area contributed by atoms with Gasteiger partial charge >= 0.3 is 0 Å². The van der Waals surface area contributed by atoms with Crippen LogP contribution < -0.4 is 14.8 Å². The van der Waals surface area contributed by atoms with Crippen molar-refractivity contribution in [2.24, 2.45) is 0 Å². The van der Waals surface area contributed by atoms with Crippen LogP contribution in [-0.4, -0.2) is 26.9 Å². The summed E-state index contributed by atoms with van der Waals surface area (Å²) in [6, 6.07) is 9.63. The number of anilines is 2. The summed E-state index contributed by atoms with van der Waals surface area (Å²) in [7, 11) is 0. The molecule has 5 rings (SSSR count). The quantitative estimate of drug-likeness (QED) is 0.526. The van der Waals surface area contributed by atoms with Gasteiger partial charge in [0, 0.05) is 35.5 Å². The first-order valence-corrected chi connectivity index (χ1v) is 8.97. The molecule has 8 nitrogen and oxygen atoms in total. The van der Waals surface area contributed by atoms with Crippen LogP contribution in [0.1, 0.15) is 18.4 Å². The molecule has 4 aromatic rings. The van der Waals surface area contributed by atoms with Crippen LogP contribution in [0.4, 0.5) is 11.4 Å². The fraction of sp³-hybridized carbons (Fsp3) is 0.200. The summed E-state index contributed by atoms with van der Waals surface area (Å²) < 4.78 is 16.3. The molecule has 0 atom stereocenters. The second-order valence-electron chi connectivity index (χ2n) is 6.43. The van der Waals surface area contributed by atoms with Gasteiger partial charge in [0.2, 0.25) is 6.79 Å². The molecule has 0 amide bonds. The lowest BCUT2D eigenvalue weighted by molar-refractivity contribution is 0.174. The topological polar surface area (TPSA) is 95.2 Å². The Kier molecular flexibility index (Phi) is 4.94. The van der Waals surface area contributed by atoms with Gasteiger partial charge in [-0.25, -0.2) is 9.97 Å². The lowest BCUT2D eigenvalue weighted by Gasteiger charge is -2.13. The van der Waals surface area contributed by atoms with Gasteiger partial charge in [-0.3, -0.25) is 0 Å². The maximum absolute atomic E-state index is 5.49. The number of benzene rings is 1. The minimum Gasteiger partial charge on any atom is -0.454 e. The largest absolute Gasteiger partial charge is 0.454 e. The molecule has 3 aromatic heterocycles. The average Bonchev–Trinajstić information content (AvgIpc) is 3.37. The van der Waals surface area contributed by atoms with Crippen LogP contribution in [0.2, 0.25) is 0 Å². The normalized spacial score (nSPS) is 12.1. The molecule has 0 fully saturated rings. The van der Waals surface area contributed by atoms with Gasteiger partial charge < -0.3 is 19.3 Å². The Bertz CT molecular complexity index is 1190. The van der Waals surface area contributed by atoms with E-state index in [0.717, 1.165) is 28.2 Å². The number of halogens is 1. The summed E-state index contributed by atoms with van der Waals surface area (Å²) in [4.78, 5) is 13.5. The van der Waals surface area contributed by atoms with Crippen molar-refractivity contribution in [1.29, 1.82) is 0 Å². The third kappa shape index (κ3) is 3.42. The first-order chi connectivity index (χ1) is 13.7. The monoisotopic (exact) mass is 411 g/mol. The molecule has 0 spiro atoms. The number of hydrogen-bond acceptors (Lipinski definition) is 8. The van der Waals surface area contributed by atoms with Gasteiger partial charge in [-0.15, -0.1) is 12.4 Å². The van der Waals surface area contributed by atoms with E-state index >= 15 is 0 Å². The molecule has 0 saturated carbocycles. The number of hydrogen-bond donors (Lipinski definition) is 1. The summed E-state index contributed by atoms with van der Waals surface area (Å²) in [6.45, 7) is 4.14. The predicted molar refractivity (Wildman–Crippen MR) is 110 cm³/mol. The molecule has 4 heterocycles. The molecular weight excluding hydrogens is 394 g/mol. The third-order valence-electron chi connectivity index (χ3n) is 4.53. The number of rotatable bonds is 4. The summed E-state index contributed by atoms with van der Waals surface area (Å²) in [5, 5.41) is 8.31. The molecule has 0 saturated heterocycles. The van der Waals surface area contributed by atoms with E-state index in [9.17, 15) is 0 Å². The smallest absolute Gasteiger partial charge is 0.261 e. The van der Waals surface area contributed by atoms with Gasteiger partial charge in [-0.1, -0.05) is 12.1 Å². The number of nitrogens with one attached hydrogen (secondary N) is 1. The summed E-state index contributed by atoms with van der Waals surface area (Å²) in [5.74, 6) is 2.48. The van der Waals surface area contributed by atoms with E-state index < -0.39 is 0 Å².